The first-order valence-electron chi connectivity index (χ1n) is 9.81. The summed E-state index contributed by atoms with van der Waals surface area (Å²) in [6.07, 6.45) is 8.58. The Labute approximate surface area is 166 Å². The number of amides is 1. The highest BCUT2D eigenvalue weighted by molar-refractivity contribution is 6.31. The molecule has 1 amide bonds. The van der Waals surface area contributed by atoms with Gasteiger partial charge in [0.2, 0.25) is 11.8 Å². The lowest BCUT2D eigenvalue weighted by Crippen LogP contribution is -2.42. The summed E-state index contributed by atoms with van der Waals surface area (Å²) in [6.45, 7) is 2.78. The van der Waals surface area contributed by atoms with Crippen LogP contribution in [-0.2, 0) is 10.2 Å². The van der Waals surface area contributed by atoms with Gasteiger partial charge in [-0.15, -0.1) is 0 Å². The number of aromatic nitrogens is 1. The van der Waals surface area contributed by atoms with Crippen molar-refractivity contribution in [3.63, 3.8) is 0 Å². The van der Waals surface area contributed by atoms with E-state index in [-0.39, 0.29) is 5.91 Å². The second kappa shape index (κ2) is 9.23. The zero-order valence-electron chi connectivity index (χ0n) is 15.8. The second-order valence-corrected chi connectivity index (χ2v) is 7.57. The topological polar surface area (TPSA) is 51.2 Å². The van der Waals surface area contributed by atoms with Gasteiger partial charge >= 0.3 is 0 Å². The highest BCUT2D eigenvalue weighted by atomic mass is 35.5. The van der Waals surface area contributed by atoms with Crippen LogP contribution in [0.2, 0.25) is 5.02 Å². The summed E-state index contributed by atoms with van der Waals surface area (Å²) >= 11 is 6.47. The van der Waals surface area contributed by atoms with E-state index in [9.17, 15) is 4.79 Å². The maximum absolute atomic E-state index is 13.3. The number of carbonyl (C=O) groups excluding carboxylic acids is 1. The van der Waals surface area contributed by atoms with Crippen LogP contribution in [0.4, 0.5) is 5.69 Å². The first-order valence-corrected chi connectivity index (χ1v) is 10.2. The van der Waals surface area contributed by atoms with Crippen LogP contribution < -0.4 is 10.1 Å². The predicted molar refractivity (Wildman–Crippen MR) is 109 cm³/mol. The summed E-state index contributed by atoms with van der Waals surface area (Å²) in [4.78, 5) is 17.6. The molecule has 27 heavy (non-hydrogen) atoms. The van der Waals surface area contributed by atoms with Gasteiger partial charge in [0.1, 0.15) is 0 Å². The Kier molecular flexibility index (Phi) is 6.73. The number of benzene rings is 1. The Morgan fingerprint density at radius 2 is 1.96 bits per heavy atom. The Hall–Kier alpha value is -2.07. The van der Waals surface area contributed by atoms with E-state index in [0.29, 0.717) is 23.2 Å². The number of pyridine rings is 1. The molecule has 0 radical (unpaired) electrons. The summed E-state index contributed by atoms with van der Waals surface area (Å²) < 4.78 is 5.59. The Morgan fingerprint density at radius 3 is 2.63 bits per heavy atom. The molecule has 0 saturated heterocycles. The minimum atomic E-state index is -0.576. The molecular formula is C22H27ClN2O2. The van der Waals surface area contributed by atoms with Gasteiger partial charge in [-0.05, 0) is 37.0 Å². The van der Waals surface area contributed by atoms with E-state index < -0.39 is 5.41 Å². The first-order chi connectivity index (χ1) is 13.2. The lowest BCUT2D eigenvalue weighted by Gasteiger charge is -2.37. The Balaban J connectivity index is 1.76. The van der Waals surface area contributed by atoms with Crippen molar-refractivity contribution in [3.8, 4) is 5.88 Å². The van der Waals surface area contributed by atoms with Gasteiger partial charge in [-0.2, -0.15) is 0 Å². The van der Waals surface area contributed by atoms with Gasteiger partial charge < -0.3 is 10.1 Å². The fraction of sp³-hybridized carbons (Fsp3) is 0.455. The van der Waals surface area contributed by atoms with Gasteiger partial charge in [0, 0.05) is 11.1 Å². The van der Waals surface area contributed by atoms with Crippen LogP contribution in [0.15, 0.2) is 42.6 Å². The number of unbranched alkanes of at least 4 members (excludes halogenated alkanes) is 1. The molecule has 3 rings (SSSR count). The Bertz CT molecular complexity index is 755. The molecule has 4 nitrogen and oxygen atoms in total. The maximum atomic E-state index is 13.3. The van der Waals surface area contributed by atoms with Gasteiger partial charge in [-0.3, -0.25) is 4.79 Å². The molecule has 5 heteroatoms. The highest BCUT2D eigenvalue weighted by Gasteiger charge is 2.42. The molecule has 1 aliphatic rings. The van der Waals surface area contributed by atoms with Crippen LogP contribution >= 0.6 is 11.6 Å². The van der Waals surface area contributed by atoms with Gasteiger partial charge in [-0.25, -0.2) is 4.98 Å². The van der Waals surface area contributed by atoms with Crippen LogP contribution in [0.3, 0.4) is 0 Å². The van der Waals surface area contributed by atoms with E-state index in [1.165, 1.54) is 0 Å². The largest absolute Gasteiger partial charge is 0.478 e. The number of hydrogen-bond acceptors (Lipinski definition) is 3. The number of nitrogens with one attached hydrogen (secondary N) is 1. The zero-order valence-corrected chi connectivity index (χ0v) is 16.6. The number of carbonyl (C=O) groups is 1. The third-order valence-corrected chi connectivity index (χ3v) is 5.60. The van der Waals surface area contributed by atoms with Crippen LogP contribution in [0.1, 0.15) is 57.4 Å². The monoisotopic (exact) mass is 386 g/mol. The molecule has 0 aliphatic heterocycles. The predicted octanol–water partition coefficient (Wildman–Crippen LogP) is 5.75. The van der Waals surface area contributed by atoms with E-state index in [2.05, 4.69) is 17.2 Å². The fourth-order valence-electron chi connectivity index (χ4n) is 3.73. The molecule has 144 valence electrons. The van der Waals surface area contributed by atoms with E-state index >= 15 is 0 Å². The van der Waals surface area contributed by atoms with Gasteiger partial charge in [0.25, 0.3) is 0 Å². The minimum absolute atomic E-state index is 0.00301. The van der Waals surface area contributed by atoms with Crippen molar-refractivity contribution in [1.29, 1.82) is 0 Å². The lowest BCUT2D eigenvalue weighted by molar-refractivity contribution is -0.122. The molecule has 0 unspecified atom stereocenters. The van der Waals surface area contributed by atoms with E-state index in [1.807, 2.05) is 30.3 Å². The van der Waals surface area contributed by atoms with Gasteiger partial charge in [0.05, 0.1) is 23.9 Å². The fourth-order valence-corrected chi connectivity index (χ4v) is 4.05. The quantitative estimate of drug-likeness (QED) is 0.616. The van der Waals surface area contributed by atoms with Crippen molar-refractivity contribution in [2.75, 3.05) is 11.9 Å². The molecule has 1 N–H and O–H groups in total. The van der Waals surface area contributed by atoms with E-state index in [0.717, 1.165) is 50.5 Å². The molecule has 1 heterocycles. The third-order valence-electron chi connectivity index (χ3n) is 5.27. The van der Waals surface area contributed by atoms with Crippen molar-refractivity contribution < 1.29 is 9.53 Å². The average molecular weight is 387 g/mol. The van der Waals surface area contributed by atoms with Gasteiger partial charge in [-0.1, -0.05) is 62.4 Å². The first kappa shape index (κ1) is 19.7. The molecule has 0 spiro atoms. The lowest BCUT2D eigenvalue weighted by atomic mass is 9.68. The summed E-state index contributed by atoms with van der Waals surface area (Å²) in [5, 5.41) is 3.72. The number of nitrogens with zero attached hydrogens (tertiary/aromatic N) is 1. The van der Waals surface area contributed by atoms with Crippen molar-refractivity contribution in [2.45, 2.75) is 57.3 Å². The summed E-state index contributed by atoms with van der Waals surface area (Å²) in [5.74, 6) is 0.580. The van der Waals surface area contributed by atoms with Crippen molar-refractivity contribution >= 4 is 23.2 Å². The maximum Gasteiger partial charge on any atom is 0.235 e. The number of anilines is 1. The standard InChI is InChI=1S/C22H27ClN2O2/c1-2-3-15-27-20-12-11-17(16-24-20)25-21(26)22(13-7-4-8-14-22)18-9-5-6-10-19(18)23/h5-6,9-12,16H,2-4,7-8,13-15H2,1H3,(H,25,26). The second-order valence-electron chi connectivity index (χ2n) is 7.16. The molecule has 1 aliphatic carbocycles. The van der Waals surface area contributed by atoms with Crippen LogP contribution in [0, 0.1) is 0 Å². The third kappa shape index (κ3) is 4.62. The Morgan fingerprint density at radius 1 is 1.19 bits per heavy atom. The van der Waals surface area contributed by atoms with Crippen molar-refractivity contribution in [2.24, 2.45) is 0 Å². The molecule has 1 aromatic heterocycles. The minimum Gasteiger partial charge on any atom is -0.478 e. The molecule has 2 aromatic rings. The summed E-state index contributed by atoms with van der Waals surface area (Å²) in [6, 6.07) is 11.3. The highest BCUT2D eigenvalue weighted by Crippen LogP contribution is 2.43. The SMILES string of the molecule is CCCCOc1ccc(NC(=O)C2(c3ccccc3Cl)CCCCC2)cn1. The molecule has 1 aromatic carbocycles. The smallest absolute Gasteiger partial charge is 0.235 e. The van der Waals surface area contributed by atoms with Crippen molar-refractivity contribution in [1.82, 2.24) is 4.98 Å². The van der Waals surface area contributed by atoms with Crippen molar-refractivity contribution in [3.05, 3.63) is 53.2 Å². The number of ether oxygens (including phenoxy) is 1. The number of rotatable bonds is 7. The molecule has 0 atom stereocenters. The number of halogens is 1. The van der Waals surface area contributed by atoms with Crippen LogP contribution in [0.25, 0.3) is 0 Å². The normalized spacial score (nSPS) is 15.9. The van der Waals surface area contributed by atoms with Gasteiger partial charge in [0.15, 0.2) is 0 Å². The summed E-state index contributed by atoms with van der Waals surface area (Å²) in [5.41, 5.74) is 1.03. The van der Waals surface area contributed by atoms with E-state index in [1.54, 1.807) is 12.3 Å². The molecule has 1 saturated carbocycles. The number of hydrogen-bond donors (Lipinski definition) is 1. The van der Waals surface area contributed by atoms with E-state index in [4.69, 9.17) is 16.3 Å². The molecule has 1 fully saturated rings. The molecule has 0 bridgehead atoms. The van der Waals surface area contributed by atoms with Crippen LogP contribution in [-0.4, -0.2) is 17.5 Å². The average Bonchev–Trinajstić information content (AvgIpc) is 2.70. The summed E-state index contributed by atoms with van der Waals surface area (Å²) in [7, 11) is 0. The zero-order chi connectivity index (χ0) is 19.1. The molecular weight excluding hydrogens is 360 g/mol. The van der Waals surface area contributed by atoms with Crippen LogP contribution in [0.5, 0.6) is 5.88 Å².